The maximum Gasteiger partial charge on any atom is 0.0636 e. The third-order valence-electron chi connectivity index (χ3n) is 7.55. The van der Waals surface area contributed by atoms with Gasteiger partial charge in [0.15, 0.2) is 0 Å². The molecule has 1 aromatic heterocycles. The van der Waals surface area contributed by atoms with Crippen molar-refractivity contribution in [3.8, 4) is 0 Å². The number of halogens is 2. The number of aromatic nitrogens is 1. The number of rotatable bonds is 7. The molecule has 2 bridgehead atoms. The minimum absolute atomic E-state index is 0.0467. The summed E-state index contributed by atoms with van der Waals surface area (Å²) in [6.07, 6.45) is 6.49. The van der Waals surface area contributed by atoms with Gasteiger partial charge < -0.3 is 5.32 Å². The summed E-state index contributed by atoms with van der Waals surface area (Å²) >= 11 is 13.6. The molecule has 2 saturated heterocycles. The molecular formula is C28H31Cl2N3. The van der Waals surface area contributed by atoms with Crippen LogP contribution in [0.1, 0.15) is 55.5 Å². The Morgan fingerprint density at radius 1 is 0.909 bits per heavy atom. The number of nitrogens with zero attached hydrogens (tertiary/aromatic N) is 2. The SMILES string of the molecule is CCNCC1(c2ccccn2)C[C@@H]2CC[C@@H](C1)N2C(c1ccccc1Cl)c1ccccc1Cl. The van der Waals surface area contributed by atoms with Gasteiger partial charge in [-0.1, -0.05) is 72.6 Å². The average Bonchev–Trinajstić information content (AvgIpc) is 3.10. The second kappa shape index (κ2) is 9.76. The summed E-state index contributed by atoms with van der Waals surface area (Å²) in [5, 5.41) is 5.25. The lowest BCUT2D eigenvalue weighted by atomic mass is 9.71. The predicted octanol–water partition coefficient (Wildman–Crippen LogP) is 6.65. The first-order chi connectivity index (χ1) is 16.1. The molecule has 3 nitrogen and oxygen atoms in total. The van der Waals surface area contributed by atoms with Gasteiger partial charge in [0.2, 0.25) is 0 Å². The summed E-state index contributed by atoms with van der Waals surface area (Å²) in [6.45, 7) is 4.11. The molecule has 2 aliphatic rings. The van der Waals surface area contributed by atoms with Gasteiger partial charge in [0.1, 0.15) is 0 Å². The zero-order valence-electron chi connectivity index (χ0n) is 19.1. The van der Waals surface area contributed by atoms with Crippen molar-refractivity contribution in [3.63, 3.8) is 0 Å². The molecule has 3 aromatic rings. The van der Waals surface area contributed by atoms with Crippen molar-refractivity contribution in [2.75, 3.05) is 13.1 Å². The zero-order valence-corrected chi connectivity index (χ0v) is 20.6. The Hall–Kier alpha value is -1.91. The molecule has 0 saturated carbocycles. The average molecular weight is 480 g/mol. The molecule has 0 radical (unpaired) electrons. The van der Waals surface area contributed by atoms with E-state index in [4.69, 9.17) is 28.2 Å². The number of hydrogen-bond donors (Lipinski definition) is 1. The van der Waals surface area contributed by atoms with Crippen LogP contribution >= 0.6 is 23.2 Å². The topological polar surface area (TPSA) is 28.2 Å². The van der Waals surface area contributed by atoms with Crippen molar-refractivity contribution in [1.29, 1.82) is 0 Å². The molecule has 5 rings (SSSR count). The van der Waals surface area contributed by atoms with Crippen LogP contribution in [-0.4, -0.2) is 35.1 Å². The fraction of sp³-hybridized carbons (Fsp3) is 0.393. The number of hydrogen-bond acceptors (Lipinski definition) is 3. The Bertz CT molecular complexity index is 1030. The first-order valence-corrected chi connectivity index (χ1v) is 12.8. The standard InChI is InChI=1S/C28H31Cl2N3/c1-2-31-19-28(26-13-7-8-16-32-26)17-20-14-15-21(18-28)33(20)27(22-9-3-5-11-24(22)29)23-10-4-6-12-25(23)30/h3-13,16,20-21,27,31H,2,14-15,17-19H2,1H3/t20-,21-/m0/s1. The fourth-order valence-corrected chi connectivity index (χ4v) is 6.65. The van der Waals surface area contributed by atoms with E-state index in [2.05, 4.69) is 53.5 Å². The Labute approximate surface area is 207 Å². The molecule has 2 aliphatic heterocycles. The molecule has 2 atom stereocenters. The summed E-state index contributed by atoms with van der Waals surface area (Å²) in [4.78, 5) is 7.56. The van der Waals surface area contributed by atoms with E-state index in [1.54, 1.807) is 0 Å². The molecule has 0 unspecified atom stereocenters. The summed E-state index contributed by atoms with van der Waals surface area (Å²) in [5.74, 6) is 0. The lowest BCUT2D eigenvalue weighted by Gasteiger charge is -2.49. The van der Waals surface area contributed by atoms with E-state index in [9.17, 15) is 0 Å². The third-order valence-corrected chi connectivity index (χ3v) is 8.24. The van der Waals surface area contributed by atoms with Crippen molar-refractivity contribution in [3.05, 3.63) is 99.8 Å². The second-order valence-electron chi connectivity index (χ2n) is 9.46. The van der Waals surface area contributed by atoms with E-state index in [1.165, 1.54) is 18.5 Å². The van der Waals surface area contributed by atoms with Gasteiger partial charge in [0.25, 0.3) is 0 Å². The highest BCUT2D eigenvalue weighted by Gasteiger charge is 2.52. The molecule has 172 valence electrons. The van der Waals surface area contributed by atoms with Gasteiger partial charge in [-0.15, -0.1) is 0 Å². The quantitative estimate of drug-likeness (QED) is 0.410. The maximum absolute atomic E-state index is 6.79. The number of benzene rings is 2. The fourth-order valence-electron chi connectivity index (χ4n) is 6.17. The van der Waals surface area contributed by atoms with Gasteiger partial charge in [-0.3, -0.25) is 9.88 Å². The van der Waals surface area contributed by atoms with Gasteiger partial charge in [-0.2, -0.15) is 0 Å². The lowest BCUT2D eigenvalue weighted by molar-refractivity contribution is 0.0556. The number of nitrogens with one attached hydrogen (secondary N) is 1. The minimum atomic E-state index is 0.0467. The van der Waals surface area contributed by atoms with Crippen LogP contribution in [0.5, 0.6) is 0 Å². The maximum atomic E-state index is 6.79. The molecule has 33 heavy (non-hydrogen) atoms. The van der Waals surface area contributed by atoms with Crippen LogP contribution in [0.25, 0.3) is 0 Å². The van der Waals surface area contributed by atoms with Crippen molar-refractivity contribution < 1.29 is 0 Å². The molecule has 1 N–H and O–H groups in total. The molecule has 2 aromatic carbocycles. The van der Waals surface area contributed by atoms with Crippen molar-refractivity contribution >= 4 is 23.2 Å². The Kier molecular flexibility index (Phi) is 6.76. The van der Waals surface area contributed by atoms with Gasteiger partial charge in [0, 0.05) is 46.0 Å². The first-order valence-electron chi connectivity index (χ1n) is 12.0. The molecule has 0 spiro atoms. The van der Waals surface area contributed by atoms with E-state index in [0.29, 0.717) is 12.1 Å². The van der Waals surface area contributed by atoms with E-state index in [-0.39, 0.29) is 11.5 Å². The van der Waals surface area contributed by atoms with Gasteiger partial charge >= 0.3 is 0 Å². The van der Waals surface area contributed by atoms with Crippen LogP contribution in [0.4, 0.5) is 0 Å². The molecule has 3 heterocycles. The summed E-state index contributed by atoms with van der Waals surface area (Å²) < 4.78 is 0. The number of likely N-dealkylation sites (N-methyl/N-ethyl adjacent to an activating group) is 1. The number of fused-ring (bicyclic) bond motifs is 2. The van der Waals surface area contributed by atoms with Crippen LogP contribution < -0.4 is 5.32 Å². The van der Waals surface area contributed by atoms with Crippen molar-refractivity contribution in [1.82, 2.24) is 15.2 Å². The largest absolute Gasteiger partial charge is 0.316 e. The van der Waals surface area contributed by atoms with Crippen molar-refractivity contribution in [2.24, 2.45) is 0 Å². The van der Waals surface area contributed by atoms with E-state index >= 15 is 0 Å². The molecular weight excluding hydrogens is 449 g/mol. The molecule has 5 heteroatoms. The van der Waals surface area contributed by atoms with Crippen LogP contribution in [0.15, 0.2) is 72.9 Å². The summed E-state index contributed by atoms with van der Waals surface area (Å²) in [5.41, 5.74) is 3.54. The monoisotopic (exact) mass is 479 g/mol. The van der Waals surface area contributed by atoms with Crippen LogP contribution in [-0.2, 0) is 5.41 Å². The summed E-state index contributed by atoms with van der Waals surface area (Å²) in [6, 6.07) is 23.8. The van der Waals surface area contributed by atoms with Gasteiger partial charge in [-0.05, 0) is 67.6 Å². The van der Waals surface area contributed by atoms with Crippen molar-refractivity contribution in [2.45, 2.75) is 56.1 Å². The lowest BCUT2D eigenvalue weighted by Crippen LogP contribution is -2.54. The predicted molar refractivity (Wildman–Crippen MR) is 137 cm³/mol. The highest BCUT2D eigenvalue weighted by atomic mass is 35.5. The number of pyridine rings is 1. The summed E-state index contributed by atoms with van der Waals surface area (Å²) in [7, 11) is 0. The Morgan fingerprint density at radius 2 is 1.48 bits per heavy atom. The highest BCUT2D eigenvalue weighted by Crippen LogP contribution is 2.52. The molecule has 0 amide bonds. The zero-order chi connectivity index (χ0) is 22.8. The third kappa shape index (κ3) is 4.33. The van der Waals surface area contributed by atoms with Crippen LogP contribution in [0, 0.1) is 0 Å². The second-order valence-corrected chi connectivity index (χ2v) is 10.3. The van der Waals surface area contributed by atoms with E-state index in [0.717, 1.165) is 47.1 Å². The normalized spacial score (nSPS) is 25.0. The van der Waals surface area contributed by atoms with E-state index < -0.39 is 0 Å². The Morgan fingerprint density at radius 3 is 2.00 bits per heavy atom. The van der Waals surface area contributed by atoms with E-state index in [1.807, 2.05) is 36.5 Å². The number of piperidine rings is 1. The highest BCUT2D eigenvalue weighted by molar-refractivity contribution is 6.32. The van der Waals surface area contributed by atoms with Crippen LogP contribution in [0.2, 0.25) is 10.0 Å². The first kappa shape index (κ1) is 22.9. The van der Waals surface area contributed by atoms with Gasteiger partial charge in [0.05, 0.1) is 6.04 Å². The van der Waals surface area contributed by atoms with Crippen LogP contribution in [0.3, 0.4) is 0 Å². The smallest absolute Gasteiger partial charge is 0.0636 e. The molecule has 2 fully saturated rings. The minimum Gasteiger partial charge on any atom is -0.316 e. The van der Waals surface area contributed by atoms with Gasteiger partial charge in [-0.25, -0.2) is 0 Å². The Balaban J connectivity index is 1.57. The molecule has 0 aliphatic carbocycles.